The fraction of sp³-hybridized carbons (Fsp3) is 0.538. The normalized spacial score (nSPS) is 21.2. The van der Waals surface area contributed by atoms with Crippen molar-refractivity contribution < 1.29 is 23.9 Å². The van der Waals surface area contributed by atoms with Gasteiger partial charge in [0.1, 0.15) is 6.04 Å². The number of carbonyl (C=O) groups excluding carboxylic acids is 4. The fourth-order valence-electron chi connectivity index (χ4n) is 4.37. The number of amides is 3. The highest BCUT2D eigenvalue weighted by molar-refractivity contribution is 6.08. The number of hydrogen-bond donors (Lipinski definition) is 1. The van der Waals surface area contributed by atoms with Gasteiger partial charge in [-0.3, -0.25) is 19.3 Å². The van der Waals surface area contributed by atoms with Crippen LogP contribution in [0.1, 0.15) is 59.4 Å². The van der Waals surface area contributed by atoms with Crippen molar-refractivity contribution in [3.8, 4) is 0 Å². The van der Waals surface area contributed by atoms with E-state index in [0.29, 0.717) is 24.9 Å². The monoisotopic (exact) mass is 454 g/mol. The first-order chi connectivity index (χ1) is 15.5. The van der Waals surface area contributed by atoms with Gasteiger partial charge < -0.3 is 10.1 Å². The number of ether oxygens (including phenoxy) is 1. The summed E-state index contributed by atoms with van der Waals surface area (Å²) in [6.07, 6.45) is 5.12. The van der Waals surface area contributed by atoms with E-state index in [-0.39, 0.29) is 23.1 Å². The Labute approximate surface area is 195 Å². The molecule has 0 spiro atoms. The summed E-state index contributed by atoms with van der Waals surface area (Å²) >= 11 is 0. The topological polar surface area (TPSA) is 92.8 Å². The van der Waals surface area contributed by atoms with Gasteiger partial charge in [0.05, 0.1) is 11.8 Å². The molecular formula is C26H34N2O5. The molecular weight excluding hydrogens is 420 g/mol. The van der Waals surface area contributed by atoms with E-state index in [2.05, 4.69) is 26.1 Å². The van der Waals surface area contributed by atoms with Gasteiger partial charge in [-0.15, -0.1) is 0 Å². The molecule has 7 nitrogen and oxygen atoms in total. The summed E-state index contributed by atoms with van der Waals surface area (Å²) in [5.41, 5.74) is 1.74. The number of benzene rings is 1. The molecule has 1 fully saturated rings. The van der Waals surface area contributed by atoms with Gasteiger partial charge in [-0.1, -0.05) is 58.9 Å². The van der Waals surface area contributed by atoms with Crippen LogP contribution in [0.3, 0.4) is 0 Å². The van der Waals surface area contributed by atoms with E-state index in [1.54, 1.807) is 12.1 Å². The van der Waals surface area contributed by atoms with E-state index in [0.717, 1.165) is 10.5 Å². The molecule has 0 bridgehead atoms. The van der Waals surface area contributed by atoms with E-state index in [1.165, 1.54) is 0 Å². The average molecular weight is 455 g/mol. The van der Waals surface area contributed by atoms with Crippen LogP contribution in [-0.4, -0.2) is 41.2 Å². The first-order valence-corrected chi connectivity index (χ1v) is 11.6. The zero-order chi connectivity index (χ0) is 24.3. The minimum absolute atomic E-state index is 0.00149. The largest absolute Gasteiger partial charge is 0.454 e. The van der Waals surface area contributed by atoms with Gasteiger partial charge in [-0.2, -0.15) is 0 Å². The number of esters is 1. The van der Waals surface area contributed by atoms with Crippen molar-refractivity contribution in [2.45, 2.75) is 65.3 Å². The highest BCUT2D eigenvalue weighted by atomic mass is 16.5. The second kappa shape index (κ2) is 9.89. The Balaban J connectivity index is 1.63. The number of fused-ring (bicyclic) bond motifs is 1. The summed E-state index contributed by atoms with van der Waals surface area (Å²) < 4.78 is 5.27. The van der Waals surface area contributed by atoms with Gasteiger partial charge in [0.2, 0.25) is 11.8 Å². The van der Waals surface area contributed by atoms with Crippen LogP contribution < -0.4 is 5.32 Å². The zero-order valence-corrected chi connectivity index (χ0v) is 20.1. The Morgan fingerprint density at radius 2 is 1.58 bits per heavy atom. The molecule has 2 aliphatic rings. The molecule has 33 heavy (non-hydrogen) atoms. The molecule has 1 heterocycles. The number of imide groups is 1. The average Bonchev–Trinajstić information content (AvgIpc) is 3.00. The third-order valence-electron chi connectivity index (χ3n) is 6.20. The van der Waals surface area contributed by atoms with Crippen LogP contribution in [0.4, 0.5) is 5.69 Å². The number of nitrogens with one attached hydrogen (secondary N) is 1. The Kier molecular flexibility index (Phi) is 7.40. The SMILES string of the molecule is CC(C)CC(C(=O)OCC(=O)Nc1ccc(C(C)(C)C)cc1)N1C(=O)C2CC=CCC2C1=O. The lowest BCUT2D eigenvalue weighted by molar-refractivity contribution is -0.160. The van der Waals surface area contributed by atoms with Gasteiger partial charge in [-0.05, 0) is 48.3 Å². The van der Waals surface area contributed by atoms with E-state index in [9.17, 15) is 19.2 Å². The Hall–Kier alpha value is -2.96. The summed E-state index contributed by atoms with van der Waals surface area (Å²) in [6.45, 7) is 9.65. The second-order valence-electron chi connectivity index (χ2n) is 10.3. The third kappa shape index (κ3) is 5.70. The van der Waals surface area contributed by atoms with Crippen molar-refractivity contribution in [3.63, 3.8) is 0 Å². The van der Waals surface area contributed by atoms with Gasteiger partial charge in [0.15, 0.2) is 6.61 Å². The molecule has 1 aliphatic carbocycles. The molecule has 178 valence electrons. The van der Waals surface area contributed by atoms with Crippen LogP contribution in [0, 0.1) is 17.8 Å². The molecule has 7 heteroatoms. The molecule has 3 amide bonds. The summed E-state index contributed by atoms with van der Waals surface area (Å²) in [6, 6.07) is 6.48. The second-order valence-corrected chi connectivity index (χ2v) is 10.3. The van der Waals surface area contributed by atoms with E-state index >= 15 is 0 Å². The van der Waals surface area contributed by atoms with Crippen LogP contribution in [0.15, 0.2) is 36.4 Å². The predicted octanol–water partition coefficient (Wildman–Crippen LogP) is 3.83. The molecule has 1 aromatic carbocycles. The van der Waals surface area contributed by atoms with Crippen LogP contribution in [-0.2, 0) is 29.3 Å². The lowest BCUT2D eigenvalue weighted by Crippen LogP contribution is -2.47. The Morgan fingerprint density at radius 1 is 1.03 bits per heavy atom. The molecule has 1 aromatic rings. The Bertz CT molecular complexity index is 916. The third-order valence-corrected chi connectivity index (χ3v) is 6.20. The van der Waals surface area contributed by atoms with E-state index in [4.69, 9.17) is 4.74 Å². The standard InChI is InChI=1S/C26H34N2O5/c1-16(2)14-21(28-23(30)19-8-6-7-9-20(19)24(28)31)25(32)33-15-22(29)27-18-12-10-17(11-13-18)26(3,4)5/h6-7,10-13,16,19-21H,8-9,14-15H2,1-5H3,(H,27,29). The molecule has 3 atom stereocenters. The number of rotatable bonds is 7. The van der Waals surface area contributed by atoms with Crippen LogP contribution in [0.2, 0.25) is 0 Å². The maximum Gasteiger partial charge on any atom is 0.329 e. The van der Waals surface area contributed by atoms with Crippen molar-refractivity contribution in [1.29, 1.82) is 0 Å². The lowest BCUT2D eigenvalue weighted by Gasteiger charge is -2.26. The maximum atomic E-state index is 12.9. The summed E-state index contributed by atoms with van der Waals surface area (Å²) in [5.74, 6) is -2.62. The van der Waals surface area contributed by atoms with Crippen molar-refractivity contribution in [1.82, 2.24) is 4.90 Å². The first-order valence-electron chi connectivity index (χ1n) is 11.6. The summed E-state index contributed by atoms with van der Waals surface area (Å²) in [7, 11) is 0. The van der Waals surface area contributed by atoms with Crippen LogP contribution >= 0.6 is 0 Å². The highest BCUT2D eigenvalue weighted by Crippen LogP contribution is 2.37. The van der Waals surface area contributed by atoms with Crippen LogP contribution in [0.25, 0.3) is 0 Å². The number of nitrogens with zero attached hydrogens (tertiary/aromatic N) is 1. The quantitative estimate of drug-likeness (QED) is 0.384. The number of allylic oxidation sites excluding steroid dienone is 2. The smallest absolute Gasteiger partial charge is 0.329 e. The minimum Gasteiger partial charge on any atom is -0.454 e. The van der Waals surface area contributed by atoms with Gasteiger partial charge in [-0.25, -0.2) is 4.79 Å². The van der Waals surface area contributed by atoms with Gasteiger partial charge in [0.25, 0.3) is 5.91 Å². The van der Waals surface area contributed by atoms with Crippen molar-refractivity contribution in [2.24, 2.45) is 17.8 Å². The van der Waals surface area contributed by atoms with Gasteiger partial charge >= 0.3 is 5.97 Å². The molecule has 3 rings (SSSR count). The molecule has 1 N–H and O–H groups in total. The maximum absolute atomic E-state index is 12.9. The summed E-state index contributed by atoms with van der Waals surface area (Å²) in [5, 5.41) is 2.71. The van der Waals surface area contributed by atoms with Crippen LogP contribution in [0.5, 0.6) is 0 Å². The highest BCUT2D eigenvalue weighted by Gasteiger charge is 2.51. The first kappa shape index (κ1) is 24.7. The van der Waals surface area contributed by atoms with Crippen molar-refractivity contribution >= 4 is 29.4 Å². The van der Waals surface area contributed by atoms with Crippen molar-refractivity contribution in [3.05, 3.63) is 42.0 Å². The molecule has 0 aromatic heterocycles. The molecule has 1 aliphatic heterocycles. The number of hydrogen-bond acceptors (Lipinski definition) is 5. The molecule has 1 saturated heterocycles. The van der Waals surface area contributed by atoms with Gasteiger partial charge in [0, 0.05) is 5.69 Å². The number of likely N-dealkylation sites (tertiary alicyclic amines) is 1. The molecule has 0 saturated carbocycles. The zero-order valence-electron chi connectivity index (χ0n) is 20.1. The predicted molar refractivity (Wildman–Crippen MR) is 125 cm³/mol. The molecule has 0 radical (unpaired) electrons. The summed E-state index contributed by atoms with van der Waals surface area (Å²) in [4.78, 5) is 52.2. The number of anilines is 1. The van der Waals surface area contributed by atoms with E-state index < -0.39 is 36.4 Å². The van der Waals surface area contributed by atoms with E-state index in [1.807, 2.05) is 38.1 Å². The fourth-order valence-corrected chi connectivity index (χ4v) is 4.37. The molecule has 3 unspecified atom stereocenters. The lowest BCUT2D eigenvalue weighted by atomic mass is 9.85. The van der Waals surface area contributed by atoms with Crippen molar-refractivity contribution in [2.75, 3.05) is 11.9 Å². The number of carbonyl (C=O) groups is 4. The Morgan fingerprint density at radius 3 is 2.06 bits per heavy atom. The minimum atomic E-state index is -1.02.